The Morgan fingerprint density at radius 1 is 1.47 bits per heavy atom. The van der Waals surface area contributed by atoms with Gasteiger partial charge in [-0.25, -0.2) is 4.79 Å². The standard InChI is InChI=1S/C16H17N5O8S/c1-3-19-4-9(21(27)28)10(18-19)13(23)17-11-14(24)20-12(16(25)26)8(5-29-7(2)22)6-30-15(11)20/h4,11,15H,3,5-6H2,1-2H3,(H,17,23)(H,25,26). The van der Waals surface area contributed by atoms with Crippen LogP contribution < -0.4 is 5.32 Å². The molecule has 2 aliphatic rings. The van der Waals surface area contributed by atoms with Crippen molar-refractivity contribution < 1.29 is 33.9 Å². The molecule has 0 radical (unpaired) electrons. The molecule has 2 atom stereocenters. The van der Waals surface area contributed by atoms with Crippen LogP contribution in [0.3, 0.4) is 0 Å². The molecule has 3 heterocycles. The van der Waals surface area contributed by atoms with E-state index < -0.39 is 51.5 Å². The normalized spacial score (nSPS) is 20.3. The van der Waals surface area contributed by atoms with Crippen molar-refractivity contribution in [2.75, 3.05) is 12.4 Å². The van der Waals surface area contributed by atoms with Crippen LogP contribution >= 0.6 is 11.8 Å². The summed E-state index contributed by atoms with van der Waals surface area (Å²) in [7, 11) is 0. The molecule has 0 aliphatic carbocycles. The molecule has 1 aromatic rings. The van der Waals surface area contributed by atoms with Crippen molar-refractivity contribution in [1.29, 1.82) is 0 Å². The summed E-state index contributed by atoms with van der Waals surface area (Å²) in [5.41, 5.74) is -0.964. The minimum absolute atomic E-state index is 0.167. The van der Waals surface area contributed by atoms with E-state index in [0.717, 1.165) is 11.1 Å². The van der Waals surface area contributed by atoms with Gasteiger partial charge in [-0.05, 0) is 6.92 Å². The van der Waals surface area contributed by atoms with Gasteiger partial charge in [0.05, 0.1) is 4.92 Å². The smallest absolute Gasteiger partial charge is 0.352 e. The molecule has 1 saturated heterocycles. The van der Waals surface area contributed by atoms with Gasteiger partial charge in [-0.3, -0.25) is 34.1 Å². The molecular formula is C16H17N5O8S. The number of thioether (sulfide) groups is 1. The van der Waals surface area contributed by atoms with Crippen LogP contribution in [0, 0.1) is 10.1 Å². The number of ether oxygens (including phenoxy) is 1. The quantitative estimate of drug-likeness (QED) is 0.249. The van der Waals surface area contributed by atoms with Crippen LogP contribution in [0.5, 0.6) is 0 Å². The lowest BCUT2D eigenvalue weighted by Crippen LogP contribution is -2.70. The number of rotatable bonds is 7. The van der Waals surface area contributed by atoms with Gasteiger partial charge in [0.25, 0.3) is 11.8 Å². The summed E-state index contributed by atoms with van der Waals surface area (Å²) in [6.45, 7) is 2.91. The molecule has 2 amide bonds. The Morgan fingerprint density at radius 2 is 2.17 bits per heavy atom. The molecule has 0 saturated carbocycles. The van der Waals surface area contributed by atoms with Crippen molar-refractivity contribution >= 4 is 41.2 Å². The Kier molecular flexibility index (Phi) is 5.78. The molecule has 14 heteroatoms. The number of aliphatic carboxylic acids is 1. The van der Waals surface area contributed by atoms with Crippen molar-refractivity contribution in [2.45, 2.75) is 31.8 Å². The van der Waals surface area contributed by atoms with Gasteiger partial charge in [0, 0.05) is 24.8 Å². The summed E-state index contributed by atoms with van der Waals surface area (Å²) >= 11 is 1.18. The van der Waals surface area contributed by atoms with Crippen LogP contribution in [0.1, 0.15) is 24.3 Å². The zero-order chi connectivity index (χ0) is 22.2. The van der Waals surface area contributed by atoms with Crippen molar-refractivity contribution in [3.8, 4) is 0 Å². The van der Waals surface area contributed by atoms with E-state index >= 15 is 0 Å². The lowest BCUT2D eigenvalue weighted by atomic mass is 10.0. The van der Waals surface area contributed by atoms with E-state index in [-0.39, 0.29) is 23.6 Å². The molecule has 3 rings (SSSR count). The number of carboxylic acids is 1. The molecule has 30 heavy (non-hydrogen) atoms. The predicted octanol–water partition coefficient (Wildman–Crippen LogP) is -0.273. The topological polar surface area (TPSA) is 174 Å². The highest BCUT2D eigenvalue weighted by molar-refractivity contribution is 8.00. The van der Waals surface area contributed by atoms with E-state index in [1.54, 1.807) is 6.92 Å². The van der Waals surface area contributed by atoms with Crippen LogP contribution in [0.25, 0.3) is 0 Å². The number of fused-ring (bicyclic) bond motifs is 1. The van der Waals surface area contributed by atoms with E-state index in [0.29, 0.717) is 6.54 Å². The van der Waals surface area contributed by atoms with Gasteiger partial charge >= 0.3 is 17.6 Å². The fourth-order valence-corrected chi connectivity index (χ4v) is 4.39. The Morgan fingerprint density at radius 3 is 2.73 bits per heavy atom. The van der Waals surface area contributed by atoms with E-state index in [9.17, 15) is 34.4 Å². The zero-order valence-electron chi connectivity index (χ0n) is 15.9. The average molecular weight is 439 g/mol. The molecule has 0 bridgehead atoms. The van der Waals surface area contributed by atoms with Crippen molar-refractivity contribution in [3.63, 3.8) is 0 Å². The first-order valence-electron chi connectivity index (χ1n) is 8.71. The largest absolute Gasteiger partial charge is 0.477 e. The molecule has 0 spiro atoms. The summed E-state index contributed by atoms with van der Waals surface area (Å²) in [5, 5.41) is 26.2. The number of aryl methyl sites for hydroxylation is 1. The maximum Gasteiger partial charge on any atom is 0.352 e. The van der Waals surface area contributed by atoms with Gasteiger partial charge in [-0.2, -0.15) is 5.10 Å². The Hall–Kier alpha value is -3.42. The van der Waals surface area contributed by atoms with E-state index in [4.69, 9.17) is 4.74 Å². The molecular weight excluding hydrogens is 422 g/mol. The van der Waals surface area contributed by atoms with Gasteiger partial charge in [-0.15, -0.1) is 11.8 Å². The third kappa shape index (κ3) is 3.72. The summed E-state index contributed by atoms with van der Waals surface area (Å²) < 4.78 is 6.07. The fourth-order valence-electron chi connectivity index (χ4n) is 3.06. The number of nitro groups is 1. The highest BCUT2D eigenvalue weighted by Gasteiger charge is 2.54. The molecule has 13 nitrogen and oxygen atoms in total. The number of amides is 2. The van der Waals surface area contributed by atoms with Crippen molar-refractivity contribution in [3.05, 3.63) is 33.3 Å². The average Bonchev–Trinajstić information content (AvgIpc) is 3.14. The molecule has 2 N–H and O–H groups in total. The number of carbonyl (C=O) groups excluding carboxylic acids is 3. The highest BCUT2D eigenvalue weighted by atomic mass is 32.2. The lowest BCUT2D eigenvalue weighted by molar-refractivity contribution is -0.385. The first-order valence-corrected chi connectivity index (χ1v) is 9.76. The van der Waals surface area contributed by atoms with Crippen molar-refractivity contribution in [2.24, 2.45) is 0 Å². The number of aromatic nitrogens is 2. The van der Waals surface area contributed by atoms with Crippen LogP contribution in [-0.4, -0.2) is 72.2 Å². The molecule has 1 aromatic heterocycles. The predicted molar refractivity (Wildman–Crippen MR) is 100 cm³/mol. The number of nitrogens with zero attached hydrogens (tertiary/aromatic N) is 4. The second-order valence-corrected chi connectivity index (χ2v) is 7.48. The maximum atomic E-state index is 12.6. The second-order valence-electron chi connectivity index (χ2n) is 6.37. The third-order valence-corrected chi connectivity index (χ3v) is 5.80. The van der Waals surface area contributed by atoms with Gasteiger partial charge in [0.1, 0.15) is 29.9 Å². The highest BCUT2D eigenvalue weighted by Crippen LogP contribution is 2.40. The summed E-state index contributed by atoms with van der Waals surface area (Å²) in [6.07, 6.45) is 1.12. The van der Waals surface area contributed by atoms with E-state index in [2.05, 4.69) is 10.4 Å². The lowest BCUT2D eigenvalue weighted by Gasteiger charge is -2.49. The van der Waals surface area contributed by atoms with Crippen molar-refractivity contribution in [1.82, 2.24) is 20.0 Å². The second kappa shape index (κ2) is 8.14. The van der Waals surface area contributed by atoms with E-state index in [1.165, 1.54) is 23.4 Å². The number of carbonyl (C=O) groups is 4. The van der Waals surface area contributed by atoms with Gasteiger partial charge < -0.3 is 15.2 Å². The number of carboxylic acid groups (broad SMARTS) is 1. The number of hydrogen-bond acceptors (Lipinski definition) is 9. The zero-order valence-corrected chi connectivity index (χ0v) is 16.7. The number of nitrogens with one attached hydrogen (secondary N) is 1. The Bertz CT molecular complexity index is 986. The SMILES string of the molecule is CCn1cc([N+](=O)[O-])c(C(=O)NC2C(=O)N3C(C(=O)O)=C(COC(C)=O)CSC23)n1. The van der Waals surface area contributed by atoms with Gasteiger partial charge in [0.15, 0.2) is 0 Å². The van der Waals surface area contributed by atoms with Crippen LogP contribution in [-0.2, 0) is 25.7 Å². The Labute approximate surface area is 173 Å². The fraction of sp³-hybridized carbons (Fsp3) is 0.438. The molecule has 0 aromatic carbocycles. The molecule has 2 unspecified atom stereocenters. The first-order chi connectivity index (χ1) is 14.1. The van der Waals surface area contributed by atoms with Gasteiger partial charge in [0.2, 0.25) is 5.69 Å². The van der Waals surface area contributed by atoms with E-state index in [1.807, 2.05) is 0 Å². The summed E-state index contributed by atoms with van der Waals surface area (Å²) in [5.74, 6) is -3.37. The van der Waals surface area contributed by atoms with Crippen LogP contribution in [0.2, 0.25) is 0 Å². The maximum absolute atomic E-state index is 12.6. The van der Waals surface area contributed by atoms with Gasteiger partial charge in [-0.1, -0.05) is 0 Å². The third-order valence-electron chi connectivity index (χ3n) is 4.46. The first kappa shape index (κ1) is 21.3. The summed E-state index contributed by atoms with van der Waals surface area (Å²) in [4.78, 5) is 59.2. The molecule has 1 fully saturated rings. The Balaban J connectivity index is 1.79. The number of β-lactam (4-membered cyclic amide) rings is 1. The number of esters is 1. The molecule has 160 valence electrons. The van der Waals surface area contributed by atoms with Crippen LogP contribution in [0.4, 0.5) is 5.69 Å². The van der Waals surface area contributed by atoms with Crippen LogP contribution in [0.15, 0.2) is 17.5 Å². The number of hydrogen-bond donors (Lipinski definition) is 2. The monoisotopic (exact) mass is 439 g/mol. The molecule has 2 aliphatic heterocycles. The minimum atomic E-state index is -1.36. The minimum Gasteiger partial charge on any atom is -0.477 e. The summed E-state index contributed by atoms with van der Waals surface area (Å²) in [6, 6.07) is -1.07.